The third kappa shape index (κ3) is 3.94. The van der Waals surface area contributed by atoms with E-state index in [1.807, 2.05) is 17.7 Å². The van der Waals surface area contributed by atoms with E-state index in [2.05, 4.69) is 10.3 Å². The summed E-state index contributed by atoms with van der Waals surface area (Å²) in [5.41, 5.74) is 0.589. The zero-order valence-corrected chi connectivity index (χ0v) is 13.6. The lowest BCUT2D eigenvalue weighted by molar-refractivity contribution is -0.113. The van der Waals surface area contributed by atoms with Crippen LogP contribution in [0, 0.1) is 0 Å². The summed E-state index contributed by atoms with van der Waals surface area (Å²) in [6.07, 6.45) is 3.63. The maximum absolute atomic E-state index is 12.1. The van der Waals surface area contributed by atoms with Gasteiger partial charge in [-0.05, 0) is 19.1 Å². The summed E-state index contributed by atoms with van der Waals surface area (Å²) in [6, 6.07) is 5.26. The van der Waals surface area contributed by atoms with Gasteiger partial charge in [-0.3, -0.25) is 4.79 Å². The number of nitrogens with zero attached hydrogens (tertiary/aromatic N) is 2. The number of carbonyl (C=O) groups is 1. The van der Waals surface area contributed by atoms with Crippen LogP contribution in [0.15, 0.2) is 35.7 Å². The van der Waals surface area contributed by atoms with Gasteiger partial charge in [-0.2, -0.15) is 0 Å². The molecule has 0 bridgehead atoms. The molecule has 1 heterocycles. The van der Waals surface area contributed by atoms with Gasteiger partial charge in [0.15, 0.2) is 5.16 Å². The zero-order chi connectivity index (χ0) is 15.9. The number of thioether (sulfide) groups is 1. The Morgan fingerprint density at radius 2 is 2.18 bits per heavy atom. The van der Waals surface area contributed by atoms with Gasteiger partial charge in [0.05, 0.1) is 25.7 Å². The summed E-state index contributed by atoms with van der Waals surface area (Å²) in [6.45, 7) is 2.86. The highest BCUT2D eigenvalue weighted by molar-refractivity contribution is 7.99. The molecule has 1 amide bonds. The number of aromatic nitrogens is 2. The second-order valence-corrected chi connectivity index (χ2v) is 5.34. The fourth-order valence-corrected chi connectivity index (χ4v) is 2.73. The van der Waals surface area contributed by atoms with Gasteiger partial charge in [-0.1, -0.05) is 11.8 Å². The van der Waals surface area contributed by atoms with Gasteiger partial charge in [-0.25, -0.2) is 4.98 Å². The third-order valence-corrected chi connectivity index (χ3v) is 4.04. The van der Waals surface area contributed by atoms with E-state index < -0.39 is 0 Å². The van der Waals surface area contributed by atoms with E-state index in [1.165, 1.54) is 11.8 Å². The Morgan fingerprint density at radius 3 is 2.86 bits per heavy atom. The number of rotatable bonds is 7. The fourth-order valence-electron chi connectivity index (χ4n) is 1.90. The number of imidazole rings is 1. The molecule has 0 unspecified atom stereocenters. The van der Waals surface area contributed by atoms with Gasteiger partial charge in [0.25, 0.3) is 0 Å². The molecule has 2 rings (SSSR count). The smallest absolute Gasteiger partial charge is 0.234 e. The molecule has 0 spiro atoms. The SMILES string of the molecule is CCn1ccnc1SCC(=O)Nc1cc(OC)ccc1OC. The van der Waals surface area contributed by atoms with Gasteiger partial charge in [0.2, 0.25) is 5.91 Å². The van der Waals surface area contributed by atoms with Crippen LogP contribution in [0.4, 0.5) is 5.69 Å². The van der Waals surface area contributed by atoms with Gasteiger partial charge in [-0.15, -0.1) is 0 Å². The standard InChI is InChI=1S/C15H19N3O3S/c1-4-18-8-7-16-15(18)22-10-14(19)17-12-9-11(20-2)5-6-13(12)21-3/h5-9H,4,10H2,1-3H3,(H,17,19). The number of carbonyl (C=O) groups excluding carboxylic acids is 1. The molecule has 2 aromatic rings. The van der Waals surface area contributed by atoms with Crippen LogP contribution in [-0.4, -0.2) is 35.4 Å². The molecule has 118 valence electrons. The number of hydrogen-bond acceptors (Lipinski definition) is 5. The van der Waals surface area contributed by atoms with Crippen LogP contribution in [0.1, 0.15) is 6.92 Å². The molecule has 1 aromatic carbocycles. The Hall–Kier alpha value is -2.15. The Labute approximate surface area is 133 Å². The second kappa shape index (κ2) is 7.74. The van der Waals surface area contributed by atoms with E-state index in [-0.39, 0.29) is 11.7 Å². The van der Waals surface area contributed by atoms with Gasteiger partial charge in [0, 0.05) is 25.0 Å². The van der Waals surface area contributed by atoms with Crippen LogP contribution in [0.3, 0.4) is 0 Å². The van der Waals surface area contributed by atoms with Crippen molar-refractivity contribution in [1.82, 2.24) is 9.55 Å². The molecule has 0 atom stereocenters. The average molecular weight is 321 g/mol. The number of hydrogen-bond donors (Lipinski definition) is 1. The van der Waals surface area contributed by atoms with E-state index in [1.54, 1.807) is 38.6 Å². The molecule has 1 N–H and O–H groups in total. The lowest BCUT2D eigenvalue weighted by Crippen LogP contribution is -2.15. The van der Waals surface area contributed by atoms with Crippen molar-refractivity contribution in [3.8, 4) is 11.5 Å². The van der Waals surface area contributed by atoms with Crippen molar-refractivity contribution < 1.29 is 14.3 Å². The number of aryl methyl sites for hydroxylation is 1. The Morgan fingerprint density at radius 1 is 1.36 bits per heavy atom. The molecule has 1 aromatic heterocycles. The molecule has 0 aliphatic carbocycles. The van der Waals surface area contributed by atoms with Crippen LogP contribution in [0.2, 0.25) is 0 Å². The van der Waals surface area contributed by atoms with E-state index in [0.717, 1.165) is 11.7 Å². The number of nitrogens with one attached hydrogen (secondary N) is 1. The summed E-state index contributed by atoms with van der Waals surface area (Å²) in [7, 11) is 3.14. The van der Waals surface area contributed by atoms with Crippen molar-refractivity contribution in [2.24, 2.45) is 0 Å². The quantitative estimate of drug-likeness (QED) is 0.794. The van der Waals surface area contributed by atoms with E-state index >= 15 is 0 Å². The first-order valence-electron chi connectivity index (χ1n) is 6.83. The van der Waals surface area contributed by atoms with Gasteiger partial charge < -0.3 is 19.4 Å². The molecule has 0 aliphatic heterocycles. The maximum atomic E-state index is 12.1. The van der Waals surface area contributed by atoms with Crippen molar-refractivity contribution in [3.63, 3.8) is 0 Å². The molecule has 0 saturated heterocycles. The summed E-state index contributed by atoms with van der Waals surface area (Å²) in [5, 5.41) is 3.66. The van der Waals surface area contributed by atoms with Crippen molar-refractivity contribution in [3.05, 3.63) is 30.6 Å². The normalized spacial score (nSPS) is 10.3. The van der Waals surface area contributed by atoms with Gasteiger partial charge >= 0.3 is 0 Å². The Bertz CT molecular complexity index is 643. The minimum atomic E-state index is -0.123. The lowest BCUT2D eigenvalue weighted by atomic mass is 10.2. The minimum absolute atomic E-state index is 0.123. The number of benzene rings is 1. The summed E-state index contributed by atoms with van der Waals surface area (Å²) in [4.78, 5) is 16.3. The highest BCUT2D eigenvalue weighted by atomic mass is 32.2. The summed E-state index contributed by atoms with van der Waals surface area (Å²) >= 11 is 1.40. The Kier molecular flexibility index (Phi) is 5.71. The minimum Gasteiger partial charge on any atom is -0.497 e. The number of amides is 1. The first-order chi connectivity index (χ1) is 10.7. The molecule has 6 nitrogen and oxygen atoms in total. The van der Waals surface area contributed by atoms with Crippen molar-refractivity contribution in [1.29, 1.82) is 0 Å². The zero-order valence-electron chi connectivity index (χ0n) is 12.8. The summed E-state index contributed by atoms with van der Waals surface area (Å²) in [5.74, 6) is 1.40. The lowest BCUT2D eigenvalue weighted by Gasteiger charge is -2.11. The van der Waals surface area contributed by atoms with Crippen LogP contribution in [-0.2, 0) is 11.3 Å². The second-order valence-electron chi connectivity index (χ2n) is 4.40. The first kappa shape index (κ1) is 16.2. The average Bonchev–Trinajstić information content (AvgIpc) is 3.00. The molecule has 0 fully saturated rings. The number of anilines is 1. The molecular formula is C15H19N3O3S. The van der Waals surface area contributed by atoms with E-state index in [9.17, 15) is 4.79 Å². The molecule has 0 saturated carbocycles. The highest BCUT2D eigenvalue weighted by Gasteiger charge is 2.11. The van der Waals surface area contributed by atoms with Crippen LogP contribution >= 0.6 is 11.8 Å². The van der Waals surface area contributed by atoms with Crippen molar-refractivity contribution >= 4 is 23.4 Å². The predicted octanol–water partition coefficient (Wildman–Crippen LogP) is 2.65. The predicted molar refractivity (Wildman–Crippen MR) is 86.8 cm³/mol. The molecule has 0 aliphatic rings. The third-order valence-electron chi connectivity index (χ3n) is 3.03. The first-order valence-corrected chi connectivity index (χ1v) is 7.82. The van der Waals surface area contributed by atoms with Crippen LogP contribution in [0.5, 0.6) is 11.5 Å². The fraction of sp³-hybridized carbons (Fsp3) is 0.333. The molecule has 7 heteroatoms. The van der Waals surface area contributed by atoms with Crippen LogP contribution < -0.4 is 14.8 Å². The monoisotopic (exact) mass is 321 g/mol. The van der Waals surface area contributed by atoms with Gasteiger partial charge in [0.1, 0.15) is 11.5 Å². The van der Waals surface area contributed by atoms with E-state index in [4.69, 9.17) is 9.47 Å². The molecule has 22 heavy (non-hydrogen) atoms. The largest absolute Gasteiger partial charge is 0.497 e. The Balaban J connectivity index is 2.00. The van der Waals surface area contributed by atoms with E-state index in [0.29, 0.717) is 17.2 Å². The highest BCUT2D eigenvalue weighted by Crippen LogP contribution is 2.29. The number of methoxy groups -OCH3 is 2. The molecule has 0 radical (unpaired) electrons. The van der Waals surface area contributed by atoms with Crippen molar-refractivity contribution in [2.45, 2.75) is 18.6 Å². The molecular weight excluding hydrogens is 302 g/mol. The van der Waals surface area contributed by atoms with Crippen LogP contribution in [0.25, 0.3) is 0 Å². The van der Waals surface area contributed by atoms with Crippen molar-refractivity contribution in [2.75, 3.05) is 25.3 Å². The number of ether oxygens (including phenoxy) is 2. The topological polar surface area (TPSA) is 65.4 Å². The summed E-state index contributed by atoms with van der Waals surface area (Å²) < 4.78 is 12.4. The maximum Gasteiger partial charge on any atom is 0.234 e.